The maximum atomic E-state index is 12.0. The van der Waals surface area contributed by atoms with Crippen molar-refractivity contribution in [2.45, 2.75) is 13.5 Å². The second-order valence-electron chi connectivity index (χ2n) is 4.31. The Kier molecular flexibility index (Phi) is 3.24. The molecule has 1 aromatic heterocycles. The number of carbonyl (C=O) groups is 1. The molecule has 1 aromatic rings. The first-order valence-corrected chi connectivity index (χ1v) is 5.61. The van der Waals surface area contributed by atoms with Gasteiger partial charge in [-0.3, -0.25) is 9.48 Å². The highest BCUT2D eigenvalue weighted by molar-refractivity contribution is 5.76. The number of aryl methyl sites for hydroxylation is 1. The normalized spacial score (nSPS) is 17.8. The predicted octanol–water partition coefficient (Wildman–Crippen LogP) is -0.0345. The molecule has 0 aromatic carbocycles. The molecule has 2 rings (SSSR count). The van der Waals surface area contributed by atoms with E-state index in [2.05, 4.69) is 17.0 Å². The van der Waals surface area contributed by atoms with Gasteiger partial charge in [0.25, 0.3) is 0 Å². The number of carbonyl (C=O) groups excluding carboxylic acids is 1. The van der Waals surface area contributed by atoms with Crippen LogP contribution in [0.3, 0.4) is 0 Å². The number of rotatable bonds is 2. The molecule has 0 bridgehead atoms. The summed E-state index contributed by atoms with van der Waals surface area (Å²) < 4.78 is 1.75. The van der Waals surface area contributed by atoms with Crippen LogP contribution in [0.5, 0.6) is 0 Å². The predicted molar refractivity (Wildman–Crippen MR) is 61.0 cm³/mol. The maximum Gasteiger partial charge on any atom is 0.244 e. The van der Waals surface area contributed by atoms with Crippen LogP contribution in [0.25, 0.3) is 0 Å². The Morgan fingerprint density at radius 2 is 2.06 bits per heavy atom. The van der Waals surface area contributed by atoms with Crippen LogP contribution in [0, 0.1) is 6.92 Å². The molecule has 2 heterocycles. The van der Waals surface area contributed by atoms with Crippen molar-refractivity contribution in [3.8, 4) is 0 Å². The van der Waals surface area contributed by atoms with Crippen LogP contribution in [0.1, 0.15) is 5.69 Å². The van der Waals surface area contributed by atoms with Crippen molar-refractivity contribution in [1.82, 2.24) is 19.6 Å². The monoisotopic (exact) mass is 222 g/mol. The van der Waals surface area contributed by atoms with Crippen LogP contribution >= 0.6 is 0 Å². The molecule has 1 aliphatic heterocycles. The fraction of sp³-hybridized carbons (Fsp3) is 0.636. The maximum absolute atomic E-state index is 12.0. The smallest absolute Gasteiger partial charge is 0.244 e. The fourth-order valence-electron chi connectivity index (χ4n) is 1.85. The van der Waals surface area contributed by atoms with E-state index >= 15 is 0 Å². The van der Waals surface area contributed by atoms with Crippen molar-refractivity contribution < 1.29 is 4.79 Å². The highest BCUT2D eigenvalue weighted by Gasteiger charge is 2.19. The van der Waals surface area contributed by atoms with E-state index in [1.807, 2.05) is 17.9 Å². The van der Waals surface area contributed by atoms with E-state index in [4.69, 9.17) is 0 Å². The van der Waals surface area contributed by atoms with Crippen molar-refractivity contribution in [3.05, 3.63) is 18.0 Å². The molecule has 1 aliphatic rings. The number of piperazine rings is 1. The SMILES string of the molecule is Cc1ccnn1CC(=O)N1CCN(C)CC1. The van der Waals surface area contributed by atoms with Gasteiger partial charge in [0.15, 0.2) is 0 Å². The minimum absolute atomic E-state index is 0.167. The second kappa shape index (κ2) is 4.65. The zero-order chi connectivity index (χ0) is 11.5. The third-order valence-corrected chi connectivity index (χ3v) is 3.07. The minimum Gasteiger partial charge on any atom is -0.339 e. The van der Waals surface area contributed by atoms with Gasteiger partial charge in [-0.25, -0.2) is 0 Å². The van der Waals surface area contributed by atoms with Crippen molar-refractivity contribution in [3.63, 3.8) is 0 Å². The summed E-state index contributed by atoms with van der Waals surface area (Å²) in [4.78, 5) is 16.1. The summed E-state index contributed by atoms with van der Waals surface area (Å²) in [6.07, 6.45) is 1.73. The lowest BCUT2D eigenvalue weighted by Crippen LogP contribution is -2.48. The zero-order valence-corrected chi connectivity index (χ0v) is 9.89. The van der Waals surface area contributed by atoms with E-state index in [1.165, 1.54) is 0 Å². The average Bonchev–Trinajstić information content (AvgIpc) is 2.65. The first kappa shape index (κ1) is 11.1. The molecule has 88 valence electrons. The molecule has 0 saturated carbocycles. The van der Waals surface area contributed by atoms with Crippen LogP contribution in [0.2, 0.25) is 0 Å². The van der Waals surface area contributed by atoms with E-state index in [-0.39, 0.29) is 5.91 Å². The molecule has 0 atom stereocenters. The molecule has 0 N–H and O–H groups in total. The van der Waals surface area contributed by atoms with Gasteiger partial charge in [-0.05, 0) is 20.0 Å². The highest BCUT2D eigenvalue weighted by Crippen LogP contribution is 2.02. The van der Waals surface area contributed by atoms with E-state index in [0.29, 0.717) is 6.54 Å². The fourth-order valence-corrected chi connectivity index (χ4v) is 1.85. The third-order valence-electron chi connectivity index (χ3n) is 3.07. The number of amides is 1. The lowest BCUT2D eigenvalue weighted by Gasteiger charge is -2.32. The molecule has 5 nitrogen and oxygen atoms in total. The van der Waals surface area contributed by atoms with Gasteiger partial charge < -0.3 is 9.80 Å². The summed E-state index contributed by atoms with van der Waals surface area (Å²) in [5, 5.41) is 4.12. The topological polar surface area (TPSA) is 41.4 Å². The van der Waals surface area contributed by atoms with E-state index in [0.717, 1.165) is 31.9 Å². The van der Waals surface area contributed by atoms with Gasteiger partial charge in [0.2, 0.25) is 5.91 Å². The van der Waals surface area contributed by atoms with E-state index in [1.54, 1.807) is 10.9 Å². The number of likely N-dealkylation sites (N-methyl/N-ethyl adjacent to an activating group) is 1. The average molecular weight is 222 g/mol. The quantitative estimate of drug-likeness (QED) is 0.705. The van der Waals surface area contributed by atoms with Gasteiger partial charge >= 0.3 is 0 Å². The molecule has 0 aliphatic carbocycles. The zero-order valence-electron chi connectivity index (χ0n) is 9.89. The molecule has 1 saturated heterocycles. The summed E-state index contributed by atoms with van der Waals surface area (Å²) in [6.45, 7) is 5.91. The largest absolute Gasteiger partial charge is 0.339 e. The molecule has 0 spiro atoms. The van der Waals surface area contributed by atoms with Crippen molar-refractivity contribution in [2.75, 3.05) is 33.2 Å². The summed E-state index contributed by atoms with van der Waals surface area (Å²) in [6, 6.07) is 1.91. The molecule has 1 fully saturated rings. The summed E-state index contributed by atoms with van der Waals surface area (Å²) >= 11 is 0. The molecule has 1 amide bonds. The van der Waals surface area contributed by atoms with Crippen LogP contribution in [0.4, 0.5) is 0 Å². The summed E-state index contributed by atoms with van der Waals surface area (Å²) in [5.74, 6) is 0.167. The van der Waals surface area contributed by atoms with Gasteiger partial charge in [-0.1, -0.05) is 0 Å². The number of hydrogen-bond donors (Lipinski definition) is 0. The standard InChI is InChI=1S/C11H18N4O/c1-10-3-4-12-15(10)9-11(16)14-7-5-13(2)6-8-14/h3-4H,5-9H2,1-2H3. The molecule has 5 heteroatoms. The Bertz CT molecular complexity index is 366. The molecular formula is C11H18N4O. The van der Waals surface area contributed by atoms with Gasteiger partial charge in [-0.15, -0.1) is 0 Å². The van der Waals surface area contributed by atoms with E-state index in [9.17, 15) is 4.79 Å². The van der Waals surface area contributed by atoms with Crippen LogP contribution in [0.15, 0.2) is 12.3 Å². The Hall–Kier alpha value is -1.36. The molecular weight excluding hydrogens is 204 g/mol. The lowest BCUT2D eigenvalue weighted by molar-refractivity contribution is -0.133. The van der Waals surface area contributed by atoms with Gasteiger partial charge in [0, 0.05) is 38.1 Å². The molecule has 0 radical (unpaired) electrons. The molecule has 0 unspecified atom stereocenters. The Morgan fingerprint density at radius 1 is 1.38 bits per heavy atom. The Balaban J connectivity index is 1.91. The first-order valence-electron chi connectivity index (χ1n) is 5.61. The number of hydrogen-bond acceptors (Lipinski definition) is 3. The Labute approximate surface area is 95.6 Å². The lowest BCUT2D eigenvalue weighted by atomic mass is 10.3. The summed E-state index contributed by atoms with van der Waals surface area (Å²) in [7, 11) is 2.08. The highest BCUT2D eigenvalue weighted by atomic mass is 16.2. The van der Waals surface area contributed by atoms with Crippen molar-refractivity contribution in [1.29, 1.82) is 0 Å². The van der Waals surface area contributed by atoms with Gasteiger partial charge in [0.1, 0.15) is 6.54 Å². The van der Waals surface area contributed by atoms with Crippen LogP contribution in [-0.2, 0) is 11.3 Å². The van der Waals surface area contributed by atoms with Crippen LogP contribution in [-0.4, -0.2) is 58.7 Å². The van der Waals surface area contributed by atoms with Crippen molar-refractivity contribution in [2.24, 2.45) is 0 Å². The van der Waals surface area contributed by atoms with Gasteiger partial charge in [-0.2, -0.15) is 5.10 Å². The van der Waals surface area contributed by atoms with Gasteiger partial charge in [0.05, 0.1) is 0 Å². The third kappa shape index (κ3) is 2.41. The van der Waals surface area contributed by atoms with Crippen LogP contribution < -0.4 is 0 Å². The number of nitrogens with zero attached hydrogens (tertiary/aromatic N) is 4. The van der Waals surface area contributed by atoms with E-state index < -0.39 is 0 Å². The second-order valence-corrected chi connectivity index (χ2v) is 4.31. The Morgan fingerprint density at radius 3 is 2.62 bits per heavy atom. The molecule has 16 heavy (non-hydrogen) atoms. The number of aromatic nitrogens is 2. The minimum atomic E-state index is 0.167. The first-order chi connectivity index (χ1) is 7.66. The summed E-state index contributed by atoms with van der Waals surface area (Å²) in [5.41, 5.74) is 1.03. The van der Waals surface area contributed by atoms with Crippen molar-refractivity contribution >= 4 is 5.91 Å².